The van der Waals surface area contributed by atoms with Crippen molar-refractivity contribution in [1.29, 1.82) is 0 Å². The van der Waals surface area contributed by atoms with Crippen molar-refractivity contribution in [3.63, 3.8) is 0 Å². The molecule has 1 N–H and O–H groups in total. The van der Waals surface area contributed by atoms with Crippen molar-refractivity contribution in [3.8, 4) is 5.75 Å². The number of ether oxygens (including phenoxy) is 1. The van der Waals surface area contributed by atoms with E-state index >= 15 is 0 Å². The van der Waals surface area contributed by atoms with Gasteiger partial charge in [0.25, 0.3) is 0 Å². The number of aliphatic carboxylic acids is 1. The number of hydrogen-bond acceptors (Lipinski definition) is 4. The number of para-hydroxylation sites is 2. The molecule has 4 aromatic carbocycles. The largest absolute Gasteiger partial charge is 0.482 e. The Morgan fingerprint density at radius 2 is 1.51 bits per heavy atom. The molecule has 0 bridgehead atoms. The predicted octanol–water partition coefficient (Wildman–Crippen LogP) is 6.23. The number of carboxylic acid groups (broad SMARTS) is 1. The number of carbonyl (C=O) groups is 1. The zero-order chi connectivity index (χ0) is 25.6. The van der Waals surface area contributed by atoms with Crippen LogP contribution in [0, 0.1) is 6.92 Å². The van der Waals surface area contributed by atoms with E-state index in [0.717, 1.165) is 22.4 Å². The Kier molecular flexibility index (Phi) is 7.17. The predicted molar refractivity (Wildman–Crippen MR) is 146 cm³/mol. The van der Waals surface area contributed by atoms with Crippen molar-refractivity contribution in [2.45, 2.75) is 19.9 Å². The van der Waals surface area contributed by atoms with Gasteiger partial charge in [-0.25, -0.2) is 4.79 Å². The number of hydrogen-bond donors (Lipinski definition) is 1. The van der Waals surface area contributed by atoms with Gasteiger partial charge >= 0.3 is 5.97 Å². The van der Waals surface area contributed by atoms with E-state index in [1.165, 1.54) is 21.8 Å². The molecule has 1 heterocycles. The van der Waals surface area contributed by atoms with E-state index < -0.39 is 5.97 Å². The van der Waals surface area contributed by atoms with Crippen molar-refractivity contribution in [2.75, 3.05) is 13.2 Å². The lowest BCUT2D eigenvalue weighted by molar-refractivity contribution is -0.139. The molecule has 0 saturated carbocycles. The van der Waals surface area contributed by atoms with E-state index in [9.17, 15) is 4.79 Å². The van der Waals surface area contributed by atoms with Crippen LogP contribution in [0.4, 0.5) is 0 Å². The van der Waals surface area contributed by atoms with Gasteiger partial charge in [-0.15, -0.1) is 0 Å². The Hall–Kier alpha value is -4.58. The fraction of sp³-hybridized carbons (Fsp3) is 0.161. The zero-order valence-electron chi connectivity index (χ0n) is 20.6. The molecule has 5 aromatic rings. The summed E-state index contributed by atoms with van der Waals surface area (Å²) in [6.07, 6.45) is 0.602. The van der Waals surface area contributed by atoms with Gasteiger partial charge in [0.05, 0.1) is 12.3 Å². The Balaban J connectivity index is 1.38. The van der Waals surface area contributed by atoms with Crippen LogP contribution in [-0.4, -0.2) is 34.6 Å². The number of aryl methyl sites for hydroxylation is 1. The minimum Gasteiger partial charge on any atom is -0.482 e. The normalized spacial score (nSPS) is 11.6. The molecule has 0 unspecified atom stereocenters. The maximum atomic E-state index is 10.9. The summed E-state index contributed by atoms with van der Waals surface area (Å²) in [4.78, 5) is 16.8. The summed E-state index contributed by atoms with van der Waals surface area (Å²) in [6, 6.07) is 32.6. The second-order valence-corrected chi connectivity index (χ2v) is 8.88. The Morgan fingerprint density at radius 3 is 2.16 bits per heavy atom. The van der Waals surface area contributed by atoms with E-state index in [2.05, 4.69) is 70.4 Å². The van der Waals surface area contributed by atoms with Gasteiger partial charge in [0.1, 0.15) is 12.4 Å². The molecule has 0 saturated heterocycles. The zero-order valence-corrected chi connectivity index (χ0v) is 20.6. The molecule has 0 aliphatic rings. The lowest BCUT2D eigenvalue weighted by Gasteiger charge is -2.12. The third-order valence-corrected chi connectivity index (χ3v) is 6.33. The lowest BCUT2D eigenvalue weighted by atomic mass is 10.0. The maximum absolute atomic E-state index is 10.9. The molecule has 0 aliphatic carbocycles. The molecule has 5 rings (SSSR count). The highest BCUT2D eigenvalue weighted by atomic mass is 16.6. The van der Waals surface area contributed by atoms with E-state index in [1.807, 2.05) is 37.3 Å². The summed E-state index contributed by atoms with van der Waals surface area (Å²) in [5, 5.41) is 15.9. The molecule has 0 amide bonds. The second kappa shape index (κ2) is 11.0. The fourth-order valence-electron chi connectivity index (χ4n) is 4.61. The van der Waals surface area contributed by atoms with Crippen molar-refractivity contribution in [2.24, 2.45) is 5.16 Å². The molecule has 0 radical (unpaired) electrons. The van der Waals surface area contributed by atoms with Crippen LogP contribution in [0.1, 0.15) is 16.7 Å². The van der Waals surface area contributed by atoms with Gasteiger partial charge in [0, 0.05) is 33.8 Å². The van der Waals surface area contributed by atoms with Crippen molar-refractivity contribution >= 4 is 33.5 Å². The molecular weight excluding hydrogens is 464 g/mol. The summed E-state index contributed by atoms with van der Waals surface area (Å²) in [7, 11) is 0. The van der Waals surface area contributed by atoms with Gasteiger partial charge in [-0.1, -0.05) is 71.9 Å². The van der Waals surface area contributed by atoms with Crippen LogP contribution in [0.2, 0.25) is 0 Å². The van der Waals surface area contributed by atoms with Crippen LogP contribution in [0.15, 0.2) is 102 Å². The summed E-state index contributed by atoms with van der Waals surface area (Å²) >= 11 is 0. The standard InChI is InChI=1S/C31H28N2O4/c1-22-19-24(15-16-30(22)36-21-31(34)35)27(20-23-9-3-2-4-10-23)32-37-18-17-33-28-13-7-5-11-25(28)26-12-6-8-14-29(26)33/h2-16,19H,17-18,20-21H2,1H3,(H,34,35). The number of fused-ring (bicyclic) bond motifs is 3. The summed E-state index contributed by atoms with van der Waals surface area (Å²) in [5.74, 6) is -0.469. The Morgan fingerprint density at radius 1 is 0.865 bits per heavy atom. The van der Waals surface area contributed by atoms with Crippen molar-refractivity contribution in [1.82, 2.24) is 4.57 Å². The van der Waals surface area contributed by atoms with E-state index in [1.54, 1.807) is 6.07 Å². The molecule has 0 atom stereocenters. The van der Waals surface area contributed by atoms with E-state index in [-0.39, 0.29) is 6.61 Å². The van der Waals surface area contributed by atoms with Gasteiger partial charge in [0.15, 0.2) is 6.61 Å². The minimum atomic E-state index is -1.01. The van der Waals surface area contributed by atoms with Gasteiger partial charge in [-0.3, -0.25) is 0 Å². The van der Waals surface area contributed by atoms with Crippen LogP contribution in [0.3, 0.4) is 0 Å². The first-order valence-corrected chi connectivity index (χ1v) is 12.2. The highest BCUT2D eigenvalue weighted by Crippen LogP contribution is 2.28. The van der Waals surface area contributed by atoms with Crippen molar-refractivity contribution in [3.05, 3.63) is 114 Å². The van der Waals surface area contributed by atoms with Crippen LogP contribution < -0.4 is 4.74 Å². The molecule has 0 fully saturated rings. The smallest absolute Gasteiger partial charge is 0.341 e. The molecule has 6 nitrogen and oxygen atoms in total. The molecule has 6 heteroatoms. The highest BCUT2D eigenvalue weighted by Gasteiger charge is 2.12. The first kappa shape index (κ1) is 24.1. The topological polar surface area (TPSA) is 73.0 Å². The number of nitrogens with zero attached hydrogens (tertiary/aromatic N) is 2. The van der Waals surface area contributed by atoms with E-state index in [0.29, 0.717) is 25.3 Å². The van der Waals surface area contributed by atoms with Crippen LogP contribution >= 0.6 is 0 Å². The fourth-order valence-corrected chi connectivity index (χ4v) is 4.61. The number of oxime groups is 1. The van der Waals surface area contributed by atoms with Crippen LogP contribution in [0.25, 0.3) is 21.8 Å². The van der Waals surface area contributed by atoms with Crippen LogP contribution in [0.5, 0.6) is 5.75 Å². The van der Waals surface area contributed by atoms with Gasteiger partial charge in [-0.05, 0) is 48.4 Å². The van der Waals surface area contributed by atoms with Crippen molar-refractivity contribution < 1.29 is 19.5 Å². The summed E-state index contributed by atoms with van der Waals surface area (Å²) in [6.45, 7) is 2.60. The Bertz CT molecular complexity index is 1520. The third kappa shape index (κ3) is 5.48. The first-order chi connectivity index (χ1) is 18.1. The minimum absolute atomic E-state index is 0.378. The number of benzene rings is 4. The number of carboxylic acids is 1. The molecule has 37 heavy (non-hydrogen) atoms. The Labute approximate surface area is 215 Å². The number of rotatable bonds is 10. The summed E-state index contributed by atoms with van der Waals surface area (Å²) in [5.41, 5.74) is 6.00. The maximum Gasteiger partial charge on any atom is 0.341 e. The highest BCUT2D eigenvalue weighted by molar-refractivity contribution is 6.08. The lowest BCUT2D eigenvalue weighted by Crippen LogP contribution is -2.11. The first-order valence-electron chi connectivity index (χ1n) is 12.2. The molecule has 0 aliphatic heterocycles. The van der Waals surface area contributed by atoms with Gasteiger partial charge < -0.3 is 19.2 Å². The average Bonchev–Trinajstić information content (AvgIpc) is 3.24. The van der Waals surface area contributed by atoms with Gasteiger partial charge in [0.2, 0.25) is 0 Å². The van der Waals surface area contributed by atoms with Crippen LogP contribution in [-0.2, 0) is 22.6 Å². The number of aromatic nitrogens is 1. The third-order valence-electron chi connectivity index (χ3n) is 6.33. The summed E-state index contributed by atoms with van der Waals surface area (Å²) < 4.78 is 7.66. The quantitative estimate of drug-likeness (QED) is 0.142. The molecule has 0 spiro atoms. The van der Waals surface area contributed by atoms with Gasteiger partial charge in [-0.2, -0.15) is 0 Å². The second-order valence-electron chi connectivity index (χ2n) is 8.88. The molecule has 186 valence electrons. The average molecular weight is 493 g/mol. The SMILES string of the molecule is Cc1cc(C(Cc2ccccc2)=NOCCn2c3ccccc3c3ccccc32)ccc1OCC(=O)O. The molecular formula is C31H28N2O4. The monoisotopic (exact) mass is 492 g/mol. The molecule has 1 aromatic heterocycles. The van der Waals surface area contributed by atoms with E-state index in [4.69, 9.17) is 14.7 Å².